The molecule has 1 aromatic carbocycles. The summed E-state index contributed by atoms with van der Waals surface area (Å²) >= 11 is 1.28. The normalized spacial score (nSPS) is 11.3. The molecule has 0 spiro atoms. The molecule has 1 aromatic heterocycles. The average molecular weight is 297 g/mol. The lowest BCUT2D eigenvalue weighted by atomic mass is 10.3. The van der Waals surface area contributed by atoms with E-state index in [0.717, 1.165) is 5.01 Å². The number of aromatic nitrogens is 1. The van der Waals surface area contributed by atoms with Crippen molar-refractivity contribution in [1.29, 1.82) is 0 Å². The number of anilines is 1. The number of hydrogen-bond donors (Lipinski definition) is 2. The molecule has 0 aliphatic carbocycles. The molecule has 0 saturated heterocycles. The van der Waals surface area contributed by atoms with Gasteiger partial charge >= 0.3 is 0 Å². The molecule has 0 fully saturated rings. The predicted molar refractivity (Wildman–Crippen MR) is 72.6 cm³/mol. The molecule has 100 valence electrons. The van der Waals surface area contributed by atoms with E-state index in [-0.39, 0.29) is 10.8 Å². The van der Waals surface area contributed by atoms with Crippen molar-refractivity contribution in [2.45, 2.75) is 11.8 Å². The third-order valence-corrected chi connectivity index (χ3v) is 4.13. The maximum Gasteiger partial charge on any atom is 0.267 e. The lowest BCUT2D eigenvalue weighted by Crippen LogP contribution is -2.13. The van der Waals surface area contributed by atoms with Crippen LogP contribution in [0.3, 0.4) is 0 Å². The van der Waals surface area contributed by atoms with Gasteiger partial charge in [-0.2, -0.15) is 0 Å². The SMILES string of the molecule is Cc1ncc(C(=O)Nc2ccc(S(N)(=O)=O)cc2)s1. The predicted octanol–water partition coefficient (Wildman–Crippen LogP) is 1.35. The summed E-state index contributed by atoms with van der Waals surface area (Å²) in [6, 6.07) is 5.63. The zero-order chi connectivity index (χ0) is 14.0. The summed E-state index contributed by atoms with van der Waals surface area (Å²) in [5.74, 6) is -0.283. The van der Waals surface area contributed by atoms with Crippen LogP contribution in [-0.2, 0) is 10.0 Å². The quantitative estimate of drug-likeness (QED) is 0.892. The molecule has 0 saturated carbocycles. The molecule has 0 bridgehead atoms. The molecule has 1 amide bonds. The van der Waals surface area contributed by atoms with Crippen molar-refractivity contribution in [2.75, 3.05) is 5.32 Å². The van der Waals surface area contributed by atoms with Gasteiger partial charge in [0.2, 0.25) is 10.0 Å². The van der Waals surface area contributed by atoms with Crippen LogP contribution >= 0.6 is 11.3 Å². The number of primary sulfonamides is 1. The van der Waals surface area contributed by atoms with Crippen LogP contribution in [0.15, 0.2) is 35.4 Å². The first-order chi connectivity index (χ1) is 8.86. The van der Waals surface area contributed by atoms with Gasteiger partial charge in [-0.15, -0.1) is 11.3 Å². The smallest absolute Gasteiger partial charge is 0.267 e. The van der Waals surface area contributed by atoms with Gasteiger partial charge in [-0.3, -0.25) is 4.79 Å². The second-order valence-corrected chi connectivity index (χ2v) is 6.56. The fourth-order valence-electron chi connectivity index (χ4n) is 1.39. The van der Waals surface area contributed by atoms with Gasteiger partial charge < -0.3 is 5.32 Å². The van der Waals surface area contributed by atoms with Crippen LogP contribution in [0, 0.1) is 6.92 Å². The van der Waals surface area contributed by atoms with E-state index in [1.807, 2.05) is 6.92 Å². The Morgan fingerprint density at radius 2 is 1.95 bits per heavy atom. The maximum absolute atomic E-state index is 11.8. The third-order valence-electron chi connectivity index (χ3n) is 2.29. The fourth-order valence-corrected chi connectivity index (χ4v) is 2.58. The monoisotopic (exact) mass is 297 g/mol. The zero-order valence-corrected chi connectivity index (χ0v) is 11.6. The number of carbonyl (C=O) groups is 1. The number of sulfonamides is 1. The minimum absolute atomic E-state index is 0.000802. The molecule has 19 heavy (non-hydrogen) atoms. The fraction of sp³-hybridized carbons (Fsp3) is 0.0909. The van der Waals surface area contributed by atoms with E-state index < -0.39 is 10.0 Å². The van der Waals surface area contributed by atoms with E-state index in [0.29, 0.717) is 10.6 Å². The van der Waals surface area contributed by atoms with Crippen molar-refractivity contribution < 1.29 is 13.2 Å². The number of carbonyl (C=O) groups excluding carboxylic acids is 1. The molecule has 8 heteroatoms. The van der Waals surface area contributed by atoms with Gasteiger partial charge in [0.15, 0.2) is 0 Å². The Morgan fingerprint density at radius 1 is 1.32 bits per heavy atom. The number of nitrogens with two attached hydrogens (primary N) is 1. The summed E-state index contributed by atoms with van der Waals surface area (Å²) in [7, 11) is -3.72. The first kappa shape index (κ1) is 13.7. The van der Waals surface area contributed by atoms with E-state index in [1.54, 1.807) is 0 Å². The molecule has 0 atom stereocenters. The Labute approximate surface area is 114 Å². The van der Waals surface area contributed by atoms with Gasteiger partial charge in [0.1, 0.15) is 4.88 Å². The molecule has 2 aromatic rings. The summed E-state index contributed by atoms with van der Waals surface area (Å²) in [4.78, 5) is 16.3. The van der Waals surface area contributed by atoms with Gasteiger partial charge in [-0.05, 0) is 31.2 Å². The number of thiazole rings is 1. The van der Waals surface area contributed by atoms with Gasteiger partial charge in [-0.1, -0.05) is 0 Å². The lowest BCUT2D eigenvalue weighted by Gasteiger charge is -2.04. The second-order valence-electron chi connectivity index (χ2n) is 3.77. The van der Waals surface area contributed by atoms with E-state index in [9.17, 15) is 13.2 Å². The van der Waals surface area contributed by atoms with Crippen LogP contribution in [0.5, 0.6) is 0 Å². The Hall–Kier alpha value is -1.77. The van der Waals surface area contributed by atoms with Gasteiger partial charge in [0.25, 0.3) is 5.91 Å². The van der Waals surface area contributed by atoms with Crippen LogP contribution < -0.4 is 10.5 Å². The number of amides is 1. The van der Waals surface area contributed by atoms with Gasteiger partial charge in [0, 0.05) is 5.69 Å². The molecule has 3 N–H and O–H groups in total. The molecule has 1 heterocycles. The topological polar surface area (TPSA) is 102 Å². The van der Waals surface area contributed by atoms with Crippen LogP contribution in [0.1, 0.15) is 14.7 Å². The van der Waals surface area contributed by atoms with E-state index >= 15 is 0 Å². The molecule has 0 aliphatic rings. The van der Waals surface area contributed by atoms with Gasteiger partial charge in [0.05, 0.1) is 16.1 Å². The summed E-state index contributed by atoms with van der Waals surface area (Å²) in [5, 5.41) is 8.43. The highest BCUT2D eigenvalue weighted by atomic mass is 32.2. The molecule has 0 radical (unpaired) electrons. The zero-order valence-electron chi connectivity index (χ0n) is 9.95. The first-order valence-electron chi connectivity index (χ1n) is 5.23. The largest absolute Gasteiger partial charge is 0.321 e. The number of rotatable bonds is 3. The molecule has 6 nitrogen and oxygen atoms in total. The third kappa shape index (κ3) is 3.37. The molecular weight excluding hydrogens is 286 g/mol. The summed E-state index contributed by atoms with van der Waals surface area (Å²) in [6.45, 7) is 1.81. The Kier molecular flexibility index (Phi) is 3.65. The second kappa shape index (κ2) is 5.08. The Balaban J connectivity index is 2.14. The van der Waals surface area contributed by atoms with Gasteiger partial charge in [-0.25, -0.2) is 18.5 Å². The highest BCUT2D eigenvalue weighted by Crippen LogP contribution is 2.16. The van der Waals surface area contributed by atoms with Crippen molar-refractivity contribution in [3.8, 4) is 0 Å². The van der Waals surface area contributed by atoms with Crippen molar-refractivity contribution in [3.63, 3.8) is 0 Å². The number of aryl methyl sites for hydroxylation is 1. The maximum atomic E-state index is 11.8. The van der Waals surface area contributed by atoms with Crippen molar-refractivity contribution >= 4 is 33.0 Å². The highest BCUT2D eigenvalue weighted by molar-refractivity contribution is 7.89. The average Bonchev–Trinajstić information content (AvgIpc) is 2.75. The minimum atomic E-state index is -3.72. The summed E-state index contributed by atoms with van der Waals surface area (Å²) < 4.78 is 22.1. The Bertz CT molecular complexity index is 705. The summed E-state index contributed by atoms with van der Waals surface area (Å²) in [6.07, 6.45) is 1.49. The Morgan fingerprint density at radius 3 is 2.42 bits per heavy atom. The number of benzene rings is 1. The van der Waals surface area contributed by atoms with Crippen LogP contribution in [-0.4, -0.2) is 19.3 Å². The summed E-state index contributed by atoms with van der Waals surface area (Å²) in [5.41, 5.74) is 0.489. The first-order valence-corrected chi connectivity index (χ1v) is 7.59. The van der Waals surface area contributed by atoms with Crippen molar-refractivity contribution in [2.24, 2.45) is 5.14 Å². The van der Waals surface area contributed by atoms with E-state index in [2.05, 4.69) is 10.3 Å². The molecule has 0 unspecified atom stereocenters. The number of hydrogen-bond acceptors (Lipinski definition) is 5. The lowest BCUT2D eigenvalue weighted by molar-refractivity contribution is 0.103. The van der Waals surface area contributed by atoms with E-state index in [4.69, 9.17) is 5.14 Å². The van der Waals surface area contributed by atoms with Crippen molar-refractivity contribution in [1.82, 2.24) is 4.98 Å². The van der Waals surface area contributed by atoms with Crippen LogP contribution in [0.2, 0.25) is 0 Å². The molecule has 0 aliphatic heterocycles. The molecular formula is C11H11N3O3S2. The van der Waals surface area contributed by atoms with E-state index in [1.165, 1.54) is 41.8 Å². The highest BCUT2D eigenvalue weighted by Gasteiger charge is 2.11. The van der Waals surface area contributed by atoms with Crippen LogP contribution in [0.4, 0.5) is 5.69 Å². The van der Waals surface area contributed by atoms with Crippen LogP contribution in [0.25, 0.3) is 0 Å². The number of nitrogens with one attached hydrogen (secondary N) is 1. The standard InChI is InChI=1S/C11H11N3O3S2/c1-7-13-6-10(18-7)11(15)14-8-2-4-9(5-3-8)19(12,16)17/h2-6H,1H3,(H,14,15)(H2,12,16,17). The number of nitrogens with zero attached hydrogens (tertiary/aromatic N) is 1. The van der Waals surface area contributed by atoms with Crippen molar-refractivity contribution in [3.05, 3.63) is 40.3 Å². The molecule has 2 rings (SSSR count). The minimum Gasteiger partial charge on any atom is -0.321 e.